The van der Waals surface area contributed by atoms with Crippen molar-refractivity contribution >= 4 is 16.8 Å². The zero-order valence-corrected chi connectivity index (χ0v) is 7.45. The Balaban J connectivity index is 2.47. The van der Waals surface area contributed by atoms with Gasteiger partial charge in [0.15, 0.2) is 0 Å². The number of benzene rings is 1. The molecule has 0 saturated heterocycles. The van der Waals surface area contributed by atoms with Crippen LogP contribution in [0.25, 0.3) is 10.9 Å². The number of aromatic nitrogens is 1. The number of carbonyl (C=O) groups is 1. The van der Waals surface area contributed by atoms with Crippen LogP contribution in [0.1, 0.15) is 15.9 Å². The minimum absolute atomic E-state index is 0.0126. The molecule has 2 aromatic rings. The number of pyridine rings is 1. The summed E-state index contributed by atoms with van der Waals surface area (Å²) in [4.78, 5) is 15.8. The monoisotopic (exact) mass is 184 g/mol. The molecule has 0 aliphatic carbocycles. The maximum Gasteiger partial charge on any atom is 0.252 e. The molecule has 2 heterocycles. The zero-order chi connectivity index (χ0) is 9.54. The van der Waals surface area contributed by atoms with Crippen LogP contribution >= 0.6 is 0 Å². The Morgan fingerprint density at radius 2 is 2.21 bits per heavy atom. The van der Waals surface area contributed by atoms with Crippen LogP contribution in [-0.4, -0.2) is 10.9 Å². The molecule has 68 valence electrons. The molecule has 14 heavy (non-hydrogen) atoms. The van der Waals surface area contributed by atoms with Gasteiger partial charge >= 0.3 is 0 Å². The Labute approximate surface area is 80.8 Å². The fraction of sp³-hybridized carbons (Fsp3) is 0.0909. The van der Waals surface area contributed by atoms with Crippen molar-refractivity contribution in [1.29, 1.82) is 0 Å². The molecule has 1 amide bonds. The molecule has 0 spiro atoms. The summed E-state index contributed by atoms with van der Waals surface area (Å²) in [6, 6.07) is 7.71. The lowest BCUT2D eigenvalue weighted by molar-refractivity contribution is 0.0967. The standard InChI is InChI=1S/C11H8N2O/c14-11-10-7(6-13-11)3-4-9-8(10)2-1-5-12-9/h1-5H,6H2,(H,13,14). The van der Waals surface area contributed by atoms with Gasteiger partial charge in [0.2, 0.25) is 0 Å². The molecule has 1 aliphatic heterocycles. The van der Waals surface area contributed by atoms with Gasteiger partial charge in [0.25, 0.3) is 5.91 Å². The SMILES string of the molecule is O=C1NCc2ccc3ncccc3c21. The second kappa shape index (κ2) is 2.54. The highest BCUT2D eigenvalue weighted by Crippen LogP contribution is 2.24. The molecular formula is C11H8N2O. The molecular weight excluding hydrogens is 176 g/mol. The minimum Gasteiger partial charge on any atom is -0.348 e. The predicted molar refractivity (Wildman–Crippen MR) is 52.9 cm³/mol. The summed E-state index contributed by atoms with van der Waals surface area (Å²) < 4.78 is 0. The third-order valence-electron chi connectivity index (χ3n) is 2.54. The molecule has 0 fully saturated rings. The third kappa shape index (κ3) is 0.865. The Hall–Kier alpha value is -1.90. The lowest BCUT2D eigenvalue weighted by Gasteiger charge is -2.00. The van der Waals surface area contributed by atoms with E-state index in [0.717, 1.165) is 22.0 Å². The van der Waals surface area contributed by atoms with E-state index in [4.69, 9.17) is 0 Å². The van der Waals surface area contributed by atoms with Gasteiger partial charge in [-0.05, 0) is 17.7 Å². The minimum atomic E-state index is 0.0126. The Morgan fingerprint density at radius 1 is 1.29 bits per heavy atom. The molecule has 0 saturated carbocycles. The third-order valence-corrected chi connectivity index (χ3v) is 2.54. The first kappa shape index (κ1) is 7.50. The fourth-order valence-electron chi connectivity index (χ4n) is 1.88. The molecule has 3 nitrogen and oxygen atoms in total. The number of hydrogen-bond acceptors (Lipinski definition) is 2. The van der Waals surface area contributed by atoms with Gasteiger partial charge in [-0.3, -0.25) is 9.78 Å². The number of nitrogens with one attached hydrogen (secondary N) is 1. The molecule has 0 unspecified atom stereocenters. The maximum atomic E-state index is 11.5. The number of fused-ring (bicyclic) bond motifs is 3. The molecule has 3 rings (SSSR count). The lowest BCUT2D eigenvalue weighted by Crippen LogP contribution is -2.12. The number of hydrogen-bond donors (Lipinski definition) is 1. The highest BCUT2D eigenvalue weighted by molar-refractivity contribution is 6.09. The summed E-state index contributed by atoms with van der Waals surface area (Å²) in [6.07, 6.45) is 1.74. The van der Waals surface area contributed by atoms with Crippen LogP contribution in [0, 0.1) is 0 Å². The highest BCUT2D eigenvalue weighted by atomic mass is 16.1. The summed E-state index contributed by atoms with van der Waals surface area (Å²) >= 11 is 0. The van der Waals surface area contributed by atoms with Crippen molar-refractivity contribution in [3.8, 4) is 0 Å². The van der Waals surface area contributed by atoms with Gasteiger partial charge in [-0.25, -0.2) is 0 Å². The number of rotatable bonds is 0. The van der Waals surface area contributed by atoms with Crippen molar-refractivity contribution in [3.63, 3.8) is 0 Å². The van der Waals surface area contributed by atoms with Gasteiger partial charge in [0, 0.05) is 18.1 Å². The van der Waals surface area contributed by atoms with Crippen molar-refractivity contribution < 1.29 is 4.79 Å². The van der Waals surface area contributed by atoms with Crippen molar-refractivity contribution in [2.24, 2.45) is 0 Å². The van der Waals surface area contributed by atoms with E-state index >= 15 is 0 Å². The molecule has 1 N–H and O–H groups in total. The van der Waals surface area contributed by atoms with E-state index in [1.807, 2.05) is 24.3 Å². The lowest BCUT2D eigenvalue weighted by atomic mass is 10.0. The summed E-state index contributed by atoms with van der Waals surface area (Å²) in [6.45, 7) is 0.638. The van der Waals surface area contributed by atoms with E-state index in [1.54, 1.807) is 6.20 Å². The van der Waals surface area contributed by atoms with E-state index in [9.17, 15) is 4.79 Å². The van der Waals surface area contributed by atoms with Crippen molar-refractivity contribution in [3.05, 3.63) is 41.6 Å². The molecule has 0 radical (unpaired) electrons. The summed E-state index contributed by atoms with van der Waals surface area (Å²) in [7, 11) is 0. The molecule has 1 aromatic carbocycles. The number of amides is 1. The molecule has 1 aromatic heterocycles. The van der Waals surface area contributed by atoms with Gasteiger partial charge in [-0.15, -0.1) is 0 Å². The van der Waals surface area contributed by atoms with E-state index in [-0.39, 0.29) is 5.91 Å². The first-order valence-electron chi connectivity index (χ1n) is 4.51. The number of carbonyl (C=O) groups excluding carboxylic acids is 1. The summed E-state index contributed by atoms with van der Waals surface area (Å²) in [5.41, 5.74) is 2.73. The van der Waals surface area contributed by atoms with Crippen molar-refractivity contribution in [2.45, 2.75) is 6.54 Å². The van der Waals surface area contributed by atoms with Gasteiger partial charge in [0.1, 0.15) is 0 Å². The smallest absolute Gasteiger partial charge is 0.252 e. The average Bonchev–Trinajstić information content (AvgIpc) is 2.61. The van der Waals surface area contributed by atoms with Crippen LogP contribution in [0.4, 0.5) is 0 Å². The Kier molecular flexibility index (Phi) is 1.36. The molecule has 0 bridgehead atoms. The summed E-state index contributed by atoms with van der Waals surface area (Å²) in [5.74, 6) is 0.0126. The van der Waals surface area contributed by atoms with E-state index in [0.29, 0.717) is 6.54 Å². The van der Waals surface area contributed by atoms with E-state index in [1.165, 1.54) is 0 Å². The molecule has 1 aliphatic rings. The quantitative estimate of drug-likeness (QED) is 0.673. The second-order valence-electron chi connectivity index (χ2n) is 3.35. The average molecular weight is 184 g/mol. The van der Waals surface area contributed by atoms with E-state index in [2.05, 4.69) is 10.3 Å². The van der Waals surface area contributed by atoms with Crippen LogP contribution in [-0.2, 0) is 6.54 Å². The van der Waals surface area contributed by atoms with Crippen molar-refractivity contribution in [1.82, 2.24) is 10.3 Å². The predicted octanol–water partition coefficient (Wildman–Crippen LogP) is 1.48. The Morgan fingerprint density at radius 3 is 3.14 bits per heavy atom. The summed E-state index contributed by atoms with van der Waals surface area (Å²) in [5, 5.41) is 3.75. The number of nitrogens with zero attached hydrogens (tertiary/aromatic N) is 1. The largest absolute Gasteiger partial charge is 0.348 e. The van der Waals surface area contributed by atoms with Crippen LogP contribution in [0.2, 0.25) is 0 Å². The topological polar surface area (TPSA) is 42.0 Å². The zero-order valence-electron chi connectivity index (χ0n) is 7.45. The maximum absolute atomic E-state index is 11.5. The first-order chi connectivity index (χ1) is 6.86. The molecule has 0 atom stereocenters. The van der Waals surface area contributed by atoms with Crippen LogP contribution < -0.4 is 5.32 Å². The Bertz CT molecular complexity index is 534. The van der Waals surface area contributed by atoms with Gasteiger partial charge < -0.3 is 5.32 Å². The van der Waals surface area contributed by atoms with Crippen LogP contribution in [0.15, 0.2) is 30.5 Å². The van der Waals surface area contributed by atoms with Gasteiger partial charge in [0.05, 0.1) is 11.1 Å². The van der Waals surface area contributed by atoms with Gasteiger partial charge in [-0.1, -0.05) is 12.1 Å². The van der Waals surface area contributed by atoms with Crippen LogP contribution in [0.5, 0.6) is 0 Å². The second-order valence-corrected chi connectivity index (χ2v) is 3.35. The fourth-order valence-corrected chi connectivity index (χ4v) is 1.88. The highest BCUT2D eigenvalue weighted by Gasteiger charge is 2.20. The van der Waals surface area contributed by atoms with Crippen molar-refractivity contribution in [2.75, 3.05) is 0 Å². The van der Waals surface area contributed by atoms with Gasteiger partial charge in [-0.2, -0.15) is 0 Å². The molecule has 3 heteroatoms. The first-order valence-corrected chi connectivity index (χ1v) is 4.51. The normalized spacial score (nSPS) is 14.1. The van der Waals surface area contributed by atoms with Crippen LogP contribution in [0.3, 0.4) is 0 Å². The van der Waals surface area contributed by atoms with E-state index < -0.39 is 0 Å².